The van der Waals surface area contributed by atoms with Crippen molar-refractivity contribution in [2.24, 2.45) is 5.41 Å². The lowest BCUT2D eigenvalue weighted by atomic mass is 9.91. The molecule has 0 saturated heterocycles. The summed E-state index contributed by atoms with van der Waals surface area (Å²) in [7, 11) is 2.18. The van der Waals surface area contributed by atoms with Crippen molar-refractivity contribution in [3.8, 4) is 0 Å². The summed E-state index contributed by atoms with van der Waals surface area (Å²) in [6, 6.07) is 0.669. The van der Waals surface area contributed by atoms with Crippen LogP contribution in [0.5, 0.6) is 0 Å². The second-order valence-electron chi connectivity index (χ2n) is 6.80. The van der Waals surface area contributed by atoms with E-state index < -0.39 is 0 Å². The van der Waals surface area contributed by atoms with Crippen LogP contribution in [0, 0.1) is 5.41 Å². The minimum absolute atomic E-state index is 0.495. The van der Waals surface area contributed by atoms with E-state index in [2.05, 4.69) is 35.9 Å². The van der Waals surface area contributed by atoms with Crippen molar-refractivity contribution >= 4 is 0 Å². The Bertz CT molecular complexity index is 422. The third kappa shape index (κ3) is 2.58. The molecule has 0 amide bonds. The molecule has 100 valence electrons. The van der Waals surface area contributed by atoms with E-state index in [0.717, 1.165) is 18.3 Å². The monoisotopic (exact) mass is 249 g/mol. The van der Waals surface area contributed by atoms with E-state index in [-0.39, 0.29) is 0 Å². The summed E-state index contributed by atoms with van der Waals surface area (Å²) in [4.78, 5) is 6.89. The van der Waals surface area contributed by atoms with Crippen molar-refractivity contribution in [3.05, 3.63) is 11.7 Å². The van der Waals surface area contributed by atoms with Crippen molar-refractivity contribution < 1.29 is 4.52 Å². The Morgan fingerprint density at radius 3 is 2.72 bits per heavy atom. The van der Waals surface area contributed by atoms with Gasteiger partial charge in [-0.15, -0.1) is 0 Å². The SMILES string of the molecule is CN(Cc1noc(C2CC2)n1)C1CCC(C)(C)C1. The Labute approximate surface area is 109 Å². The summed E-state index contributed by atoms with van der Waals surface area (Å²) in [6.45, 7) is 5.54. The van der Waals surface area contributed by atoms with Gasteiger partial charge in [-0.05, 0) is 44.6 Å². The largest absolute Gasteiger partial charge is 0.339 e. The molecule has 4 heteroatoms. The van der Waals surface area contributed by atoms with E-state index in [9.17, 15) is 0 Å². The Morgan fingerprint density at radius 1 is 1.33 bits per heavy atom. The summed E-state index contributed by atoms with van der Waals surface area (Å²) >= 11 is 0. The summed E-state index contributed by atoms with van der Waals surface area (Å²) in [5.74, 6) is 2.26. The van der Waals surface area contributed by atoms with Gasteiger partial charge in [-0.25, -0.2) is 0 Å². The van der Waals surface area contributed by atoms with Crippen LogP contribution >= 0.6 is 0 Å². The average Bonchev–Trinajstić information content (AvgIpc) is 2.95. The van der Waals surface area contributed by atoms with Gasteiger partial charge in [-0.1, -0.05) is 19.0 Å². The van der Waals surface area contributed by atoms with E-state index in [1.807, 2.05) is 0 Å². The van der Waals surface area contributed by atoms with E-state index in [0.29, 0.717) is 17.4 Å². The Balaban J connectivity index is 1.58. The van der Waals surface area contributed by atoms with Gasteiger partial charge in [0.05, 0.1) is 6.54 Å². The fourth-order valence-corrected chi connectivity index (χ4v) is 2.96. The summed E-state index contributed by atoms with van der Waals surface area (Å²) in [5.41, 5.74) is 0.495. The molecule has 0 spiro atoms. The van der Waals surface area contributed by atoms with Gasteiger partial charge in [0.25, 0.3) is 0 Å². The van der Waals surface area contributed by atoms with Gasteiger partial charge < -0.3 is 4.52 Å². The van der Waals surface area contributed by atoms with Crippen LogP contribution in [0.25, 0.3) is 0 Å². The molecule has 1 aromatic rings. The first kappa shape index (κ1) is 12.2. The maximum Gasteiger partial charge on any atom is 0.229 e. The summed E-state index contributed by atoms with van der Waals surface area (Å²) in [5, 5.41) is 4.10. The molecular weight excluding hydrogens is 226 g/mol. The maximum atomic E-state index is 5.31. The highest BCUT2D eigenvalue weighted by Gasteiger charge is 2.34. The van der Waals surface area contributed by atoms with Crippen molar-refractivity contribution in [2.75, 3.05) is 7.05 Å². The third-order valence-electron chi connectivity index (χ3n) is 4.37. The minimum atomic E-state index is 0.495. The number of rotatable bonds is 4. The van der Waals surface area contributed by atoms with Crippen LogP contribution in [0.15, 0.2) is 4.52 Å². The van der Waals surface area contributed by atoms with Crippen LogP contribution in [0.2, 0.25) is 0 Å². The average molecular weight is 249 g/mol. The normalized spacial score (nSPS) is 27.0. The number of nitrogens with zero attached hydrogens (tertiary/aromatic N) is 3. The van der Waals surface area contributed by atoms with Crippen molar-refractivity contribution in [3.63, 3.8) is 0 Å². The third-order valence-corrected chi connectivity index (χ3v) is 4.37. The van der Waals surface area contributed by atoms with Crippen molar-refractivity contribution in [1.82, 2.24) is 15.0 Å². The second kappa shape index (κ2) is 4.34. The van der Waals surface area contributed by atoms with E-state index in [1.54, 1.807) is 0 Å². The van der Waals surface area contributed by atoms with Crippen LogP contribution in [0.1, 0.15) is 63.6 Å². The van der Waals surface area contributed by atoms with Gasteiger partial charge in [0.2, 0.25) is 5.89 Å². The molecule has 4 nitrogen and oxygen atoms in total. The molecule has 2 aliphatic carbocycles. The summed E-state index contributed by atoms with van der Waals surface area (Å²) in [6.07, 6.45) is 6.32. The first-order chi connectivity index (χ1) is 8.53. The maximum absolute atomic E-state index is 5.31. The van der Waals surface area contributed by atoms with Gasteiger partial charge in [0.1, 0.15) is 0 Å². The quantitative estimate of drug-likeness (QED) is 0.822. The zero-order chi connectivity index (χ0) is 12.8. The Hall–Kier alpha value is -0.900. The van der Waals surface area contributed by atoms with Crippen LogP contribution in [0.3, 0.4) is 0 Å². The number of hydrogen-bond donors (Lipinski definition) is 0. The van der Waals surface area contributed by atoms with Crippen LogP contribution in [-0.2, 0) is 6.54 Å². The first-order valence-electron chi connectivity index (χ1n) is 7.06. The molecule has 2 fully saturated rings. The predicted molar refractivity (Wildman–Crippen MR) is 69.2 cm³/mol. The highest BCUT2D eigenvalue weighted by atomic mass is 16.5. The predicted octanol–water partition coefficient (Wildman–Crippen LogP) is 2.96. The smallest absolute Gasteiger partial charge is 0.229 e. The van der Waals surface area contributed by atoms with Crippen LogP contribution < -0.4 is 0 Å². The van der Waals surface area contributed by atoms with E-state index in [4.69, 9.17) is 4.52 Å². The molecule has 0 radical (unpaired) electrons. The topological polar surface area (TPSA) is 42.2 Å². The van der Waals surface area contributed by atoms with Gasteiger partial charge in [0, 0.05) is 12.0 Å². The number of hydrogen-bond acceptors (Lipinski definition) is 4. The molecule has 1 aromatic heterocycles. The van der Waals surface area contributed by atoms with Crippen LogP contribution in [-0.4, -0.2) is 28.1 Å². The minimum Gasteiger partial charge on any atom is -0.339 e. The molecule has 2 aliphatic rings. The van der Waals surface area contributed by atoms with Gasteiger partial charge in [-0.2, -0.15) is 4.98 Å². The molecule has 1 heterocycles. The van der Waals surface area contributed by atoms with Gasteiger partial charge in [0.15, 0.2) is 5.82 Å². The molecule has 1 atom stereocenters. The zero-order valence-corrected chi connectivity index (χ0v) is 11.6. The standard InChI is InChI=1S/C14H23N3O/c1-14(2)7-6-11(8-14)17(3)9-12-15-13(18-16-12)10-4-5-10/h10-11H,4-9H2,1-3H3. The molecule has 1 unspecified atom stereocenters. The molecule has 18 heavy (non-hydrogen) atoms. The Morgan fingerprint density at radius 2 is 2.11 bits per heavy atom. The number of aromatic nitrogens is 2. The molecule has 0 N–H and O–H groups in total. The molecule has 2 saturated carbocycles. The summed E-state index contributed by atoms with van der Waals surface area (Å²) < 4.78 is 5.31. The lowest BCUT2D eigenvalue weighted by Gasteiger charge is -2.24. The fourth-order valence-electron chi connectivity index (χ4n) is 2.96. The first-order valence-corrected chi connectivity index (χ1v) is 7.06. The fraction of sp³-hybridized carbons (Fsp3) is 0.857. The van der Waals surface area contributed by atoms with Crippen molar-refractivity contribution in [2.45, 2.75) is 64.5 Å². The van der Waals surface area contributed by atoms with Crippen LogP contribution in [0.4, 0.5) is 0 Å². The van der Waals surface area contributed by atoms with Gasteiger partial charge in [-0.3, -0.25) is 4.90 Å². The Kier molecular flexibility index (Phi) is 2.93. The zero-order valence-electron chi connectivity index (χ0n) is 11.6. The van der Waals surface area contributed by atoms with Gasteiger partial charge >= 0.3 is 0 Å². The molecule has 0 aliphatic heterocycles. The van der Waals surface area contributed by atoms with E-state index in [1.165, 1.54) is 32.1 Å². The highest BCUT2D eigenvalue weighted by Crippen LogP contribution is 2.40. The molecule has 0 bridgehead atoms. The van der Waals surface area contributed by atoms with Crippen molar-refractivity contribution in [1.29, 1.82) is 0 Å². The molecule has 3 rings (SSSR count). The lowest BCUT2D eigenvalue weighted by molar-refractivity contribution is 0.212. The highest BCUT2D eigenvalue weighted by molar-refractivity contribution is 5.02. The second-order valence-corrected chi connectivity index (χ2v) is 6.80. The molecule has 0 aromatic carbocycles. The van der Waals surface area contributed by atoms with E-state index >= 15 is 0 Å². The molecular formula is C14H23N3O. The lowest BCUT2D eigenvalue weighted by Crippen LogP contribution is -2.30.